The molecule has 2 aromatic heterocycles. The van der Waals surface area contributed by atoms with E-state index < -0.39 is 0 Å². The second kappa shape index (κ2) is 4.88. The molecule has 2 heterocycles. The van der Waals surface area contributed by atoms with Crippen LogP contribution in [0.5, 0.6) is 5.88 Å². The lowest BCUT2D eigenvalue weighted by atomic mass is 10.3. The molecule has 0 aliphatic carbocycles. The lowest BCUT2D eigenvalue weighted by Gasteiger charge is -2.02. The minimum Gasteiger partial charge on any atom is -0.481 e. The normalized spacial score (nSPS) is 10.0. The van der Waals surface area contributed by atoms with Crippen molar-refractivity contribution in [2.24, 2.45) is 0 Å². The predicted molar refractivity (Wildman–Crippen MR) is 63.4 cm³/mol. The Morgan fingerprint density at radius 3 is 2.88 bits per heavy atom. The predicted octanol–water partition coefficient (Wildman–Crippen LogP) is 1.50. The van der Waals surface area contributed by atoms with Crippen LogP contribution in [0, 0.1) is 6.92 Å². The largest absolute Gasteiger partial charge is 0.481 e. The molecule has 1 amide bonds. The molecule has 0 aliphatic rings. The van der Waals surface area contributed by atoms with Gasteiger partial charge in [0.25, 0.3) is 5.91 Å². The number of hydrogen-bond acceptors (Lipinski definition) is 6. The summed E-state index contributed by atoms with van der Waals surface area (Å²) in [6.07, 6.45) is 1.28. The Kier molecular flexibility index (Phi) is 3.29. The molecule has 7 heteroatoms. The molecule has 1 N–H and O–H groups in total. The van der Waals surface area contributed by atoms with Crippen molar-refractivity contribution in [1.82, 2.24) is 14.3 Å². The van der Waals surface area contributed by atoms with E-state index in [1.54, 1.807) is 6.07 Å². The second-order valence-corrected chi connectivity index (χ2v) is 4.04. The minimum atomic E-state index is -0.311. The highest BCUT2D eigenvalue weighted by Gasteiger charge is 2.10. The van der Waals surface area contributed by atoms with Crippen molar-refractivity contribution in [2.75, 3.05) is 12.4 Å². The van der Waals surface area contributed by atoms with E-state index in [1.165, 1.54) is 31.0 Å². The van der Waals surface area contributed by atoms with Gasteiger partial charge in [-0.2, -0.15) is 4.37 Å². The first-order chi connectivity index (χ1) is 8.19. The van der Waals surface area contributed by atoms with Crippen LogP contribution in [-0.2, 0) is 0 Å². The summed E-state index contributed by atoms with van der Waals surface area (Å²) in [6, 6.07) is 3.27. The maximum absolute atomic E-state index is 11.8. The molecule has 0 aromatic carbocycles. The summed E-state index contributed by atoms with van der Waals surface area (Å²) < 4.78 is 8.99. The Balaban J connectivity index is 2.14. The number of aryl methyl sites for hydroxylation is 1. The third kappa shape index (κ3) is 2.76. The first-order valence-electron chi connectivity index (χ1n) is 4.80. The van der Waals surface area contributed by atoms with Gasteiger partial charge in [-0.05, 0) is 24.5 Å². The van der Waals surface area contributed by atoms with Crippen molar-refractivity contribution in [2.45, 2.75) is 6.92 Å². The van der Waals surface area contributed by atoms with Crippen LogP contribution in [0.3, 0.4) is 0 Å². The third-order valence-corrected chi connectivity index (χ3v) is 2.74. The number of rotatable bonds is 3. The van der Waals surface area contributed by atoms with E-state index in [0.717, 1.165) is 5.69 Å². The van der Waals surface area contributed by atoms with Crippen molar-refractivity contribution in [3.05, 3.63) is 29.8 Å². The second-order valence-electron chi connectivity index (χ2n) is 3.23. The fraction of sp³-hybridized carbons (Fsp3) is 0.200. The van der Waals surface area contributed by atoms with Crippen molar-refractivity contribution >= 4 is 22.4 Å². The molecule has 88 valence electrons. The Morgan fingerprint density at radius 2 is 2.24 bits per heavy atom. The zero-order valence-corrected chi connectivity index (χ0v) is 10.1. The lowest BCUT2D eigenvalue weighted by molar-refractivity contribution is 0.102. The standard InChI is InChI=1S/C10H10N4O2S/c1-6-3-9(17-14-6)13-10(15)7-4-8(16-2)12-5-11-7/h3-5H,1-2H3,(H,13,15). The molecular weight excluding hydrogens is 240 g/mol. The summed E-state index contributed by atoms with van der Waals surface area (Å²) in [6.45, 7) is 1.86. The summed E-state index contributed by atoms with van der Waals surface area (Å²) in [5.41, 5.74) is 1.12. The van der Waals surface area contributed by atoms with Gasteiger partial charge >= 0.3 is 0 Å². The van der Waals surface area contributed by atoms with Crippen LogP contribution in [0.4, 0.5) is 5.00 Å². The molecule has 0 aliphatic heterocycles. The highest BCUT2D eigenvalue weighted by Crippen LogP contribution is 2.16. The van der Waals surface area contributed by atoms with E-state index in [1.807, 2.05) is 6.92 Å². The molecule has 0 spiro atoms. The first-order valence-corrected chi connectivity index (χ1v) is 5.57. The SMILES string of the molecule is COc1cc(C(=O)Nc2cc(C)ns2)ncn1. The number of nitrogens with zero attached hydrogens (tertiary/aromatic N) is 3. The maximum Gasteiger partial charge on any atom is 0.275 e. The van der Waals surface area contributed by atoms with Gasteiger partial charge < -0.3 is 10.1 Å². The van der Waals surface area contributed by atoms with E-state index in [9.17, 15) is 4.79 Å². The first kappa shape index (κ1) is 11.5. The molecule has 0 radical (unpaired) electrons. The van der Waals surface area contributed by atoms with Crippen molar-refractivity contribution in [1.29, 1.82) is 0 Å². The van der Waals surface area contributed by atoms with Crippen molar-refractivity contribution < 1.29 is 9.53 Å². The molecule has 6 nitrogen and oxygen atoms in total. The molecule has 0 saturated heterocycles. The van der Waals surface area contributed by atoms with Crippen LogP contribution >= 0.6 is 11.5 Å². The molecule has 0 unspecified atom stereocenters. The van der Waals surface area contributed by atoms with Gasteiger partial charge in [-0.25, -0.2) is 9.97 Å². The molecule has 0 fully saturated rings. The summed E-state index contributed by atoms with van der Waals surface area (Å²) in [5, 5.41) is 3.39. The number of anilines is 1. The van der Waals surface area contributed by atoms with E-state index >= 15 is 0 Å². The van der Waals surface area contributed by atoms with E-state index in [-0.39, 0.29) is 11.6 Å². The molecule has 2 aromatic rings. The molecular formula is C10H10N4O2S. The Labute approximate surface area is 102 Å². The van der Waals surface area contributed by atoms with Crippen molar-refractivity contribution in [3.63, 3.8) is 0 Å². The molecule has 0 bridgehead atoms. The van der Waals surface area contributed by atoms with Crippen molar-refractivity contribution in [3.8, 4) is 5.88 Å². The van der Waals surface area contributed by atoms with E-state index in [4.69, 9.17) is 4.74 Å². The molecule has 2 rings (SSSR count). The number of aromatic nitrogens is 3. The van der Waals surface area contributed by atoms with Gasteiger partial charge in [-0.3, -0.25) is 4.79 Å². The van der Waals surface area contributed by atoms with Crippen LogP contribution in [0.15, 0.2) is 18.5 Å². The lowest BCUT2D eigenvalue weighted by Crippen LogP contribution is -2.13. The zero-order valence-electron chi connectivity index (χ0n) is 9.30. The number of amides is 1. The van der Waals surface area contributed by atoms with Gasteiger partial charge in [0.05, 0.1) is 12.8 Å². The maximum atomic E-state index is 11.8. The van der Waals surface area contributed by atoms with Crippen LogP contribution in [0.1, 0.15) is 16.2 Å². The number of carbonyl (C=O) groups is 1. The smallest absolute Gasteiger partial charge is 0.275 e. The number of ether oxygens (including phenoxy) is 1. The number of nitrogens with one attached hydrogen (secondary N) is 1. The highest BCUT2D eigenvalue weighted by atomic mass is 32.1. The monoisotopic (exact) mass is 250 g/mol. The van der Waals surface area contributed by atoms with Gasteiger partial charge in [0, 0.05) is 6.07 Å². The molecule has 17 heavy (non-hydrogen) atoms. The summed E-state index contributed by atoms with van der Waals surface area (Å²) >= 11 is 1.23. The highest BCUT2D eigenvalue weighted by molar-refractivity contribution is 7.10. The van der Waals surface area contributed by atoms with Crippen LogP contribution in [0.2, 0.25) is 0 Å². The average Bonchev–Trinajstić information content (AvgIpc) is 2.75. The van der Waals surface area contributed by atoms with Crippen LogP contribution in [-0.4, -0.2) is 27.4 Å². The number of carbonyl (C=O) groups excluding carboxylic acids is 1. The fourth-order valence-corrected chi connectivity index (χ4v) is 1.83. The summed E-state index contributed by atoms with van der Waals surface area (Å²) in [4.78, 5) is 19.5. The van der Waals surface area contributed by atoms with Crippen LogP contribution in [0.25, 0.3) is 0 Å². The zero-order chi connectivity index (χ0) is 12.3. The van der Waals surface area contributed by atoms with Gasteiger partial charge in [-0.15, -0.1) is 0 Å². The van der Waals surface area contributed by atoms with Gasteiger partial charge in [0.2, 0.25) is 5.88 Å². The third-order valence-electron chi connectivity index (χ3n) is 1.95. The van der Waals surface area contributed by atoms with Gasteiger partial charge in [0.1, 0.15) is 17.0 Å². The van der Waals surface area contributed by atoms with Crippen LogP contribution < -0.4 is 10.1 Å². The Hall–Kier alpha value is -2.02. The minimum absolute atomic E-state index is 0.253. The molecule has 0 atom stereocenters. The Morgan fingerprint density at radius 1 is 1.41 bits per heavy atom. The quantitative estimate of drug-likeness (QED) is 0.893. The number of hydrogen-bond donors (Lipinski definition) is 1. The number of methoxy groups -OCH3 is 1. The fourth-order valence-electron chi connectivity index (χ4n) is 1.17. The van der Waals surface area contributed by atoms with Gasteiger partial charge in [-0.1, -0.05) is 0 Å². The summed E-state index contributed by atoms with van der Waals surface area (Å²) in [7, 11) is 1.48. The Bertz CT molecular complexity index is 541. The summed E-state index contributed by atoms with van der Waals surface area (Å²) in [5.74, 6) is 0.0417. The van der Waals surface area contributed by atoms with Gasteiger partial charge in [0.15, 0.2) is 0 Å². The van der Waals surface area contributed by atoms with E-state index in [2.05, 4.69) is 19.7 Å². The molecule has 0 saturated carbocycles. The average molecular weight is 250 g/mol. The topological polar surface area (TPSA) is 77.0 Å². The van der Waals surface area contributed by atoms with E-state index in [0.29, 0.717) is 10.9 Å².